The van der Waals surface area contributed by atoms with E-state index in [1.165, 1.54) is 0 Å². The Labute approximate surface area is 189 Å². The van der Waals surface area contributed by atoms with Crippen LogP contribution in [-0.4, -0.2) is 70.0 Å². The molecule has 1 aromatic carbocycles. The zero-order chi connectivity index (χ0) is 22.9. The molecule has 8 heteroatoms. The van der Waals surface area contributed by atoms with Crippen molar-refractivity contribution in [3.8, 4) is 11.3 Å². The number of carbonyl (C=O) groups excluding carboxylic acids is 2. The van der Waals surface area contributed by atoms with Crippen LogP contribution in [0.25, 0.3) is 11.3 Å². The fourth-order valence-electron chi connectivity index (χ4n) is 3.91. The summed E-state index contributed by atoms with van der Waals surface area (Å²) in [5.41, 5.74) is 2.89. The van der Waals surface area contributed by atoms with E-state index in [4.69, 9.17) is 4.74 Å². The van der Waals surface area contributed by atoms with E-state index in [1.54, 1.807) is 23.0 Å². The number of aromatic nitrogens is 2. The van der Waals surface area contributed by atoms with Gasteiger partial charge in [0.2, 0.25) is 11.9 Å². The van der Waals surface area contributed by atoms with Gasteiger partial charge in [0.05, 0.1) is 5.69 Å². The minimum Gasteiger partial charge on any atom is -0.381 e. The molecule has 1 aromatic heterocycles. The summed E-state index contributed by atoms with van der Waals surface area (Å²) in [6, 6.07) is 7.94. The predicted octanol–water partition coefficient (Wildman–Crippen LogP) is 2.95. The van der Waals surface area contributed by atoms with Crippen LogP contribution in [0.2, 0.25) is 0 Å². The number of amides is 2. The van der Waals surface area contributed by atoms with Crippen molar-refractivity contribution >= 4 is 17.8 Å². The lowest BCUT2D eigenvalue weighted by molar-refractivity contribution is -0.134. The third kappa shape index (κ3) is 4.75. The molecular weight excluding hydrogens is 406 g/mol. The lowest BCUT2D eigenvalue weighted by atomic mass is 10.0. The summed E-state index contributed by atoms with van der Waals surface area (Å²) in [4.78, 5) is 37.9. The Balaban J connectivity index is 1.48. The molecule has 1 fully saturated rings. The molecule has 1 N–H and O–H groups in total. The third-order valence-corrected chi connectivity index (χ3v) is 6.20. The first-order valence-corrected chi connectivity index (χ1v) is 11.1. The Hall–Kier alpha value is -3.00. The number of likely N-dealkylation sites (N-methyl/N-ethyl adjacent to an activating group) is 1. The van der Waals surface area contributed by atoms with Crippen molar-refractivity contribution in [2.75, 3.05) is 32.1 Å². The Morgan fingerprint density at radius 3 is 2.72 bits per heavy atom. The van der Waals surface area contributed by atoms with Gasteiger partial charge in [-0.25, -0.2) is 9.97 Å². The zero-order valence-corrected chi connectivity index (χ0v) is 19.2. The molecule has 3 heterocycles. The molecule has 0 unspecified atom stereocenters. The van der Waals surface area contributed by atoms with E-state index in [1.807, 2.05) is 45.0 Å². The van der Waals surface area contributed by atoms with Gasteiger partial charge in [-0.1, -0.05) is 12.1 Å². The molecule has 32 heavy (non-hydrogen) atoms. The van der Waals surface area contributed by atoms with Crippen molar-refractivity contribution < 1.29 is 14.3 Å². The molecule has 2 aliphatic heterocycles. The van der Waals surface area contributed by atoms with Gasteiger partial charge >= 0.3 is 0 Å². The fraction of sp³-hybridized carbons (Fsp3) is 0.500. The van der Waals surface area contributed by atoms with E-state index >= 15 is 0 Å². The molecular formula is C24H31N5O3. The normalized spacial score (nSPS) is 16.8. The third-order valence-electron chi connectivity index (χ3n) is 6.20. The van der Waals surface area contributed by atoms with Crippen LogP contribution in [0.5, 0.6) is 0 Å². The Morgan fingerprint density at radius 2 is 2.00 bits per heavy atom. The van der Waals surface area contributed by atoms with Gasteiger partial charge in [-0.05, 0) is 51.3 Å². The summed E-state index contributed by atoms with van der Waals surface area (Å²) in [7, 11) is 1.77. The van der Waals surface area contributed by atoms with Crippen molar-refractivity contribution in [1.82, 2.24) is 19.8 Å². The second kappa shape index (κ2) is 8.86. The van der Waals surface area contributed by atoms with Crippen LogP contribution in [0, 0.1) is 0 Å². The largest absolute Gasteiger partial charge is 0.381 e. The van der Waals surface area contributed by atoms with Gasteiger partial charge in [-0.2, -0.15) is 0 Å². The number of nitrogens with one attached hydrogen (secondary N) is 1. The van der Waals surface area contributed by atoms with Crippen molar-refractivity contribution in [2.45, 2.75) is 51.7 Å². The first kappa shape index (κ1) is 22.2. The second-order valence-corrected chi connectivity index (χ2v) is 9.45. The minimum absolute atomic E-state index is 0.0708. The van der Waals surface area contributed by atoms with E-state index in [-0.39, 0.29) is 23.9 Å². The molecule has 2 aliphatic rings. The van der Waals surface area contributed by atoms with Crippen molar-refractivity contribution in [3.63, 3.8) is 0 Å². The van der Waals surface area contributed by atoms with Gasteiger partial charge in [0.1, 0.15) is 6.54 Å². The lowest BCUT2D eigenvalue weighted by Crippen LogP contribution is -2.47. The Bertz CT molecular complexity index is 1010. The maximum absolute atomic E-state index is 13.0. The number of rotatable bonds is 5. The van der Waals surface area contributed by atoms with E-state index in [0.717, 1.165) is 42.9 Å². The maximum Gasteiger partial charge on any atom is 0.254 e. The molecule has 0 atom stereocenters. The number of hydrogen-bond acceptors (Lipinski definition) is 6. The molecule has 0 aliphatic carbocycles. The number of anilines is 1. The molecule has 4 rings (SSSR count). The molecule has 1 saturated heterocycles. The van der Waals surface area contributed by atoms with Gasteiger partial charge in [0.15, 0.2) is 0 Å². The van der Waals surface area contributed by atoms with Crippen LogP contribution in [0.1, 0.15) is 49.5 Å². The molecule has 0 radical (unpaired) electrons. The standard InChI is InChI=1S/C24H31N5O3/c1-24(2,3)28(4)21(30)15-29-14-17-6-5-16(13-19(17)22(29)31)20-7-10-25-23(27-20)26-18-8-11-32-12-9-18/h5-7,10,13,18H,8-9,11-12,14-15H2,1-4H3,(H,25,26,27). The molecule has 0 bridgehead atoms. The van der Waals surface area contributed by atoms with Crippen LogP contribution in [0.4, 0.5) is 5.95 Å². The summed E-state index contributed by atoms with van der Waals surface area (Å²) in [5, 5.41) is 3.38. The highest BCUT2D eigenvalue weighted by atomic mass is 16.5. The average Bonchev–Trinajstić information content (AvgIpc) is 3.08. The van der Waals surface area contributed by atoms with Crippen molar-refractivity contribution in [3.05, 3.63) is 41.6 Å². The van der Waals surface area contributed by atoms with Crippen molar-refractivity contribution in [2.24, 2.45) is 0 Å². The Kier molecular flexibility index (Phi) is 6.15. The van der Waals surface area contributed by atoms with Gasteiger partial charge in [-0.15, -0.1) is 0 Å². The van der Waals surface area contributed by atoms with E-state index in [9.17, 15) is 9.59 Å². The monoisotopic (exact) mass is 437 g/mol. The quantitative estimate of drug-likeness (QED) is 0.774. The van der Waals surface area contributed by atoms with Crippen LogP contribution in [0.15, 0.2) is 30.5 Å². The molecule has 170 valence electrons. The van der Waals surface area contributed by atoms with Gasteiger partial charge < -0.3 is 19.9 Å². The minimum atomic E-state index is -0.288. The lowest BCUT2D eigenvalue weighted by Gasteiger charge is -2.33. The number of carbonyl (C=O) groups is 2. The van der Waals surface area contributed by atoms with Crippen LogP contribution in [0.3, 0.4) is 0 Å². The summed E-state index contributed by atoms with van der Waals surface area (Å²) in [6.45, 7) is 7.94. The highest BCUT2D eigenvalue weighted by Gasteiger charge is 2.32. The summed E-state index contributed by atoms with van der Waals surface area (Å²) >= 11 is 0. The van der Waals surface area contributed by atoms with E-state index < -0.39 is 0 Å². The summed E-state index contributed by atoms with van der Waals surface area (Å²) < 4.78 is 5.40. The number of fused-ring (bicyclic) bond motifs is 1. The van der Waals surface area contributed by atoms with Gasteiger partial charge in [0, 0.05) is 55.7 Å². The predicted molar refractivity (Wildman–Crippen MR) is 122 cm³/mol. The summed E-state index contributed by atoms with van der Waals surface area (Å²) in [6.07, 6.45) is 3.59. The zero-order valence-electron chi connectivity index (χ0n) is 19.2. The maximum atomic E-state index is 13.0. The highest BCUT2D eigenvalue weighted by Crippen LogP contribution is 2.28. The Morgan fingerprint density at radius 1 is 1.25 bits per heavy atom. The van der Waals surface area contributed by atoms with Gasteiger partial charge in [0.25, 0.3) is 5.91 Å². The van der Waals surface area contributed by atoms with E-state index in [0.29, 0.717) is 24.1 Å². The average molecular weight is 438 g/mol. The molecule has 2 amide bonds. The first-order valence-electron chi connectivity index (χ1n) is 11.1. The van der Waals surface area contributed by atoms with Crippen LogP contribution >= 0.6 is 0 Å². The van der Waals surface area contributed by atoms with Gasteiger partial charge in [-0.3, -0.25) is 9.59 Å². The number of nitrogens with zero attached hydrogens (tertiary/aromatic N) is 4. The van der Waals surface area contributed by atoms with Crippen LogP contribution < -0.4 is 5.32 Å². The van der Waals surface area contributed by atoms with Crippen molar-refractivity contribution in [1.29, 1.82) is 0 Å². The summed E-state index contributed by atoms with van der Waals surface area (Å²) in [5.74, 6) is 0.393. The molecule has 2 aromatic rings. The number of hydrogen-bond donors (Lipinski definition) is 1. The second-order valence-electron chi connectivity index (χ2n) is 9.45. The SMILES string of the molecule is CN(C(=O)CN1Cc2ccc(-c3ccnc(NC4CCOCC4)n3)cc2C1=O)C(C)(C)C. The number of benzene rings is 1. The topological polar surface area (TPSA) is 87.7 Å². The molecule has 8 nitrogen and oxygen atoms in total. The molecule has 0 spiro atoms. The smallest absolute Gasteiger partial charge is 0.254 e. The first-order chi connectivity index (χ1) is 15.2. The number of ether oxygens (including phenoxy) is 1. The molecule has 0 saturated carbocycles. The highest BCUT2D eigenvalue weighted by molar-refractivity contribution is 6.01. The fourth-order valence-corrected chi connectivity index (χ4v) is 3.91. The van der Waals surface area contributed by atoms with E-state index in [2.05, 4.69) is 15.3 Å². The van der Waals surface area contributed by atoms with Crippen LogP contribution in [-0.2, 0) is 16.1 Å².